The zero-order chi connectivity index (χ0) is 16.6. The van der Waals surface area contributed by atoms with Crippen molar-refractivity contribution in [2.24, 2.45) is 0 Å². The van der Waals surface area contributed by atoms with Gasteiger partial charge in [0.2, 0.25) is 0 Å². The van der Waals surface area contributed by atoms with E-state index in [4.69, 9.17) is 9.47 Å². The van der Waals surface area contributed by atoms with Crippen LogP contribution < -0.4 is 5.32 Å². The molecule has 1 amide bonds. The molecule has 0 heterocycles. The third-order valence-electron chi connectivity index (χ3n) is 2.96. The van der Waals surface area contributed by atoms with Gasteiger partial charge in [0.25, 0.3) is 0 Å². The summed E-state index contributed by atoms with van der Waals surface area (Å²) in [5, 5.41) is 12.3. The Hall–Kier alpha value is -1.85. The number of carbonyl (C=O) groups excluding carboxylic acids is 1. The number of hydrogen-bond acceptors (Lipinski definition) is 4. The Labute approximate surface area is 131 Å². The highest BCUT2D eigenvalue weighted by molar-refractivity contribution is 5.67. The van der Waals surface area contributed by atoms with Gasteiger partial charge in [-0.05, 0) is 26.3 Å². The second kappa shape index (κ2) is 7.96. The lowest BCUT2D eigenvalue weighted by molar-refractivity contribution is -0.0483. The van der Waals surface area contributed by atoms with Gasteiger partial charge in [0.1, 0.15) is 11.2 Å². The Balaban J connectivity index is 2.53. The van der Waals surface area contributed by atoms with Crippen molar-refractivity contribution in [3.05, 3.63) is 48.6 Å². The predicted octanol–water partition coefficient (Wildman–Crippen LogP) is 2.60. The molecule has 1 aromatic carbocycles. The number of rotatable bonds is 7. The number of carbonyl (C=O) groups is 1. The molecule has 122 valence electrons. The number of benzene rings is 1. The fraction of sp³-hybridized carbons (Fsp3) is 0.471. The van der Waals surface area contributed by atoms with Crippen molar-refractivity contribution in [3.63, 3.8) is 0 Å². The summed E-state index contributed by atoms with van der Waals surface area (Å²) in [6, 6.07) is 9.34. The number of aliphatic hydroxyl groups is 1. The Morgan fingerprint density at radius 3 is 2.45 bits per heavy atom. The maximum absolute atomic E-state index is 11.5. The minimum atomic E-state index is -0.975. The van der Waals surface area contributed by atoms with E-state index in [2.05, 4.69) is 11.9 Å². The van der Waals surface area contributed by atoms with Crippen molar-refractivity contribution in [1.29, 1.82) is 0 Å². The molecule has 5 heteroatoms. The van der Waals surface area contributed by atoms with E-state index < -0.39 is 17.3 Å². The summed E-state index contributed by atoms with van der Waals surface area (Å²) in [5.74, 6) is 0. The van der Waals surface area contributed by atoms with E-state index in [9.17, 15) is 9.90 Å². The third-order valence-corrected chi connectivity index (χ3v) is 2.96. The molecular formula is C17H25NO4. The van der Waals surface area contributed by atoms with E-state index in [0.717, 1.165) is 5.56 Å². The van der Waals surface area contributed by atoms with E-state index in [-0.39, 0.29) is 19.8 Å². The Kier molecular flexibility index (Phi) is 6.59. The van der Waals surface area contributed by atoms with Crippen LogP contribution in [0.25, 0.3) is 0 Å². The summed E-state index contributed by atoms with van der Waals surface area (Å²) in [6.07, 6.45) is 1.07. The van der Waals surface area contributed by atoms with Crippen LogP contribution in [0.4, 0.5) is 4.79 Å². The highest BCUT2D eigenvalue weighted by Crippen LogP contribution is 2.26. The summed E-state index contributed by atoms with van der Waals surface area (Å²) in [5.41, 5.74) is -0.702. The SMILES string of the molecule is C=C[C@](CO)(OCCNC(=O)OC(C)(C)C)c1ccccc1. The van der Waals surface area contributed by atoms with Crippen LogP contribution in [-0.2, 0) is 15.1 Å². The van der Waals surface area contributed by atoms with Crippen LogP contribution in [0.3, 0.4) is 0 Å². The van der Waals surface area contributed by atoms with Crippen molar-refractivity contribution in [2.45, 2.75) is 32.0 Å². The van der Waals surface area contributed by atoms with Gasteiger partial charge in [-0.25, -0.2) is 4.79 Å². The van der Waals surface area contributed by atoms with E-state index in [0.29, 0.717) is 0 Å². The number of aliphatic hydroxyl groups excluding tert-OH is 1. The molecule has 0 aromatic heterocycles. The molecule has 2 N–H and O–H groups in total. The molecule has 1 atom stereocenters. The van der Waals surface area contributed by atoms with Crippen LogP contribution >= 0.6 is 0 Å². The number of amides is 1. The quantitative estimate of drug-likeness (QED) is 0.600. The lowest BCUT2D eigenvalue weighted by Gasteiger charge is -2.29. The van der Waals surface area contributed by atoms with Gasteiger partial charge in [0.15, 0.2) is 0 Å². The molecule has 0 fully saturated rings. The Morgan fingerprint density at radius 2 is 1.95 bits per heavy atom. The molecule has 0 aliphatic rings. The molecule has 0 spiro atoms. The molecule has 0 saturated heterocycles. The van der Waals surface area contributed by atoms with Gasteiger partial charge >= 0.3 is 6.09 Å². The summed E-state index contributed by atoms with van der Waals surface area (Å²) >= 11 is 0. The number of nitrogens with one attached hydrogen (secondary N) is 1. The van der Waals surface area contributed by atoms with Gasteiger partial charge in [-0.3, -0.25) is 0 Å². The summed E-state index contributed by atoms with van der Waals surface area (Å²) in [6.45, 7) is 9.41. The third kappa shape index (κ3) is 5.50. The summed E-state index contributed by atoms with van der Waals surface area (Å²) < 4.78 is 10.9. The summed E-state index contributed by atoms with van der Waals surface area (Å²) in [4.78, 5) is 11.5. The van der Waals surface area contributed by atoms with Gasteiger partial charge in [0, 0.05) is 6.54 Å². The van der Waals surface area contributed by atoms with Gasteiger partial charge in [-0.15, -0.1) is 0 Å². The second-order valence-corrected chi connectivity index (χ2v) is 5.89. The maximum Gasteiger partial charge on any atom is 0.407 e. The first-order valence-corrected chi connectivity index (χ1v) is 7.24. The van der Waals surface area contributed by atoms with Crippen molar-refractivity contribution >= 4 is 6.09 Å². The zero-order valence-corrected chi connectivity index (χ0v) is 13.5. The lowest BCUT2D eigenvalue weighted by Crippen LogP contribution is -2.37. The first kappa shape index (κ1) is 18.2. The molecular weight excluding hydrogens is 282 g/mol. The lowest BCUT2D eigenvalue weighted by atomic mass is 9.94. The van der Waals surface area contributed by atoms with Crippen LogP contribution in [0.5, 0.6) is 0 Å². The highest BCUT2D eigenvalue weighted by Gasteiger charge is 2.28. The smallest absolute Gasteiger partial charge is 0.407 e. The standard InChI is InChI=1S/C17H25NO4/c1-5-17(13-19,14-9-7-6-8-10-14)21-12-11-18-15(20)22-16(2,3)4/h5-10,19H,1,11-13H2,2-4H3,(H,18,20)/t17-/m1/s1. The maximum atomic E-state index is 11.5. The average Bonchev–Trinajstić information content (AvgIpc) is 2.47. The van der Waals surface area contributed by atoms with E-state index in [1.165, 1.54) is 0 Å². The van der Waals surface area contributed by atoms with Crippen molar-refractivity contribution in [1.82, 2.24) is 5.32 Å². The second-order valence-electron chi connectivity index (χ2n) is 5.89. The van der Waals surface area contributed by atoms with Crippen molar-refractivity contribution in [2.75, 3.05) is 19.8 Å². The van der Waals surface area contributed by atoms with E-state index in [1.807, 2.05) is 30.3 Å². The molecule has 5 nitrogen and oxygen atoms in total. The molecule has 0 unspecified atom stereocenters. The predicted molar refractivity (Wildman–Crippen MR) is 85.6 cm³/mol. The molecule has 0 saturated carbocycles. The molecule has 1 aromatic rings. The van der Waals surface area contributed by atoms with Crippen LogP contribution in [-0.4, -0.2) is 36.6 Å². The number of alkyl carbamates (subject to hydrolysis) is 1. The topological polar surface area (TPSA) is 67.8 Å². The van der Waals surface area contributed by atoms with Crippen LogP contribution in [0, 0.1) is 0 Å². The van der Waals surface area contributed by atoms with E-state index in [1.54, 1.807) is 26.8 Å². The minimum Gasteiger partial charge on any atom is -0.444 e. The van der Waals surface area contributed by atoms with Crippen molar-refractivity contribution < 1.29 is 19.4 Å². The minimum absolute atomic E-state index is 0.223. The Bertz CT molecular complexity index is 481. The summed E-state index contributed by atoms with van der Waals surface area (Å²) in [7, 11) is 0. The van der Waals surface area contributed by atoms with Crippen LogP contribution in [0.2, 0.25) is 0 Å². The van der Waals surface area contributed by atoms with Gasteiger partial charge < -0.3 is 19.9 Å². The number of hydrogen-bond donors (Lipinski definition) is 2. The molecule has 0 radical (unpaired) electrons. The molecule has 0 aliphatic heterocycles. The zero-order valence-electron chi connectivity index (χ0n) is 13.5. The van der Waals surface area contributed by atoms with Crippen LogP contribution in [0.15, 0.2) is 43.0 Å². The normalized spacial score (nSPS) is 14.0. The van der Waals surface area contributed by atoms with E-state index >= 15 is 0 Å². The molecule has 22 heavy (non-hydrogen) atoms. The molecule has 0 bridgehead atoms. The largest absolute Gasteiger partial charge is 0.444 e. The van der Waals surface area contributed by atoms with Gasteiger partial charge in [-0.1, -0.05) is 43.0 Å². The first-order chi connectivity index (χ1) is 10.3. The number of ether oxygens (including phenoxy) is 2. The fourth-order valence-electron chi connectivity index (χ4n) is 1.88. The average molecular weight is 307 g/mol. The fourth-order valence-corrected chi connectivity index (χ4v) is 1.88. The molecule has 1 rings (SSSR count). The molecule has 0 aliphatic carbocycles. The monoisotopic (exact) mass is 307 g/mol. The van der Waals surface area contributed by atoms with Crippen LogP contribution in [0.1, 0.15) is 26.3 Å². The first-order valence-electron chi connectivity index (χ1n) is 7.24. The van der Waals surface area contributed by atoms with Gasteiger partial charge in [-0.2, -0.15) is 0 Å². The highest BCUT2D eigenvalue weighted by atomic mass is 16.6. The Morgan fingerprint density at radius 1 is 1.32 bits per heavy atom. The van der Waals surface area contributed by atoms with Gasteiger partial charge in [0.05, 0.1) is 13.2 Å². The van der Waals surface area contributed by atoms with Crippen molar-refractivity contribution in [3.8, 4) is 0 Å².